The summed E-state index contributed by atoms with van der Waals surface area (Å²) in [5.74, 6) is 0.895. The van der Waals surface area contributed by atoms with E-state index in [-0.39, 0.29) is 11.8 Å². The van der Waals surface area contributed by atoms with Crippen molar-refractivity contribution in [2.45, 2.75) is 19.3 Å². The van der Waals surface area contributed by atoms with E-state index in [9.17, 15) is 9.59 Å². The third-order valence-electron chi connectivity index (χ3n) is 4.30. The minimum atomic E-state index is 0.156. The standard InChI is InChI=1S/C15H28N4O2/c1-17(2)12-15(21)19-8-6-18(7-9-19)14(20)10-13-4-3-5-16-11-13/h13,16H,3-12H2,1-2H3. The van der Waals surface area contributed by atoms with Crippen molar-refractivity contribution in [1.29, 1.82) is 0 Å². The number of piperazine rings is 1. The number of carbonyl (C=O) groups excluding carboxylic acids is 2. The Morgan fingerprint density at radius 1 is 1.10 bits per heavy atom. The molecule has 2 rings (SSSR count). The van der Waals surface area contributed by atoms with Crippen molar-refractivity contribution in [3.63, 3.8) is 0 Å². The largest absolute Gasteiger partial charge is 0.339 e. The average molecular weight is 296 g/mol. The van der Waals surface area contributed by atoms with E-state index < -0.39 is 0 Å². The number of rotatable bonds is 4. The van der Waals surface area contributed by atoms with E-state index in [4.69, 9.17) is 0 Å². The van der Waals surface area contributed by atoms with Gasteiger partial charge in [-0.2, -0.15) is 0 Å². The summed E-state index contributed by atoms with van der Waals surface area (Å²) in [5.41, 5.74) is 0. The molecule has 0 aliphatic carbocycles. The van der Waals surface area contributed by atoms with Crippen molar-refractivity contribution in [3.05, 3.63) is 0 Å². The molecule has 0 aromatic heterocycles. The molecule has 120 valence electrons. The molecule has 6 heteroatoms. The lowest BCUT2D eigenvalue weighted by molar-refractivity contribution is -0.140. The van der Waals surface area contributed by atoms with Crippen molar-refractivity contribution in [3.8, 4) is 0 Å². The number of hydrogen-bond donors (Lipinski definition) is 1. The molecule has 1 N–H and O–H groups in total. The highest BCUT2D eigenvalue weighted by Crippen LogP contribution is 2.16. The molecule has 2 heterocycles. The SMILES string of the molecule is CN(C)CC(=O)N1CCN(C(=O)CC2CCCNC2)CC1. The third-order valence-corrected chi connectivity index (χ3v) is 4.30. The summed E-state index contributed by atoms with van der Waals surface area (Å²) >= 11 is 0. The molecular formula is C15H28N4O2. The van der Waals surface area contributed by atoms with E-state index in [2.05, 4.69) is 5.32 Å². The normalized spacial score (nSPS) is 23.5. The van der Waals surface area contributed by atoms with E-state index in [1.807, 2.05) is 28.8 Å². The minimum absolute atomic E-state index is 0.156. The van der Waals surface area contributed by atoms with E-state index in [1.165, 1.54) is 6.42 Å². The zero-order chi connectivity index (χ0) is 15.2. The molecule has 2 amide bonds. The van der Waals surface area contributed by atoms with Crippen LogP contribution in [0.2, 0.25) is 0 Å². The van der Waals surface area contributed by atoms with Crippen LogP contribution < -0.4 is 5.32 Å². The predicted octanol–water partition coefficient (Wildman–Crippen LogP) is -0.391. The second-order valence-electron chi connectivity index (χ2n) is 6.42. The molecule has 6 nitrogen and oxygen atoms in total. The average Bonchev–Trinajstić information content (AvgIpc) is 2.47. The highest BCUT2D eigenvalue weighted by Gasteiger charge is 2.26. The summed E-state index contributed by atoms with van der Waals surface area (Å²) in [7, 11) is 3.80. The number of piperidine rings is 1. The Bertz CT molecular complexity index is 359. The van der Waals surface area contributed by atoms with Crippen molar-refractivity contribution < 1.29 is 9.59 Å². The maximum Gasteiger partial charge on any atom is 0.236 e. The number of likely N-dealkylation sites (N-methyl/N-ethyl adjacent to an activating group) is 1. The van der Waals surface area contributed by atoms with Crippen LogP contribution in [0.25, 0.3) is 0 Å². The Morgan fingerprint density at radius 2 is 1.71 bits per heavy atom. The maximum absolute atomic E-state index is 12.3. The first-order chi connectivity index (χ1) is 10.1. The zero-order valence-electron chi connectivity index (χ0n) is 13.3. The molecule has 0 aromatic carbocycles. The topological polar surface area (TPSA) is 55.9 Å². The highest BCUT2D eigenvalue weighted by atomic mass is 16.2. The van der Waals surface area contributed by atoms with Crippen molar-refractivity contribution in [2.24, 2.45) is 5.92 Å². The summed E-state index contributed by atoms with van der Waals surface area (Å²) in [4.78, 5) is 30.0. The summed E-state index contributed by atoms with van der Waals surface area (Å²) in [6.07, 6.45) is 2.98. The van der Waals surface area contributed by atoms with E-state index in [0.29, 0.717) is 45.1 Å². The molecule has 2 saturated heterocycles. The fraction of sp³-hybridized carbons (Fsp3) is 0.867. The van der Waals surface area contributed by atoms with Crippen LogP contribution in [0.1, 0.15) is 19.3 Å². The predicted molar refractivity (Wildman–Crippen MR) is 81.9 cm³/mol. The summed E-state index contributed by atoms with van der Waals surface area (Å²) in [5, 5.41) is 3.35. The number of hydrogen-bond acceptors (Lipinski definition) is 4. The zero-order valence-corrected chi connectivity index (χ0v) is 13.3. The monoisotopic (exact) mass is 296 g/mol. The van der Waals surface area contributed by atoms with E-state index in [0.717, 1.165) is 19.5 Å². The van der Waals surface area contributed by atoms with Crippen LogP contribution in [0, 0.1) is 5.92 Å². The fourth-order valence-electron chi connectivity index (χ4n) is 3.05. The summed E-state index contributed by atoms with van der Waals surface area (Å²) in [6.45, 7) is 5.19. The Kier molecular flexibility index (Phi) is 5.99. The Morgan fingerprint density at radius 3 is 2.24 bits per heavy atom. The van der Waals surface area contributed by atoms with Gasteiger partial charge in [-0.3, -0.25) is 9.59 Å². The van der Waals surface area contributed by atoms with Gasteiger partial charge in [-0.25, -0.2) is 0 Å². The first kappa shape index (κ1) is 16.2. The van der Waals surface area contributed by atoms with Crippen LogP contribution >= 0.6 is 0 Å². The summed E-state index contributed by atoms with van der Waals surface area (Å²) < 4.78 is 0. The summed E-state index contributed by atoms with van der Waals surface area (Å²) in [6, 6.07) is 0. The van der Waals surface area contributed by atoms with Gasteiger partial charge >= 0.3 is 0 Å². The van der Waals surface area contributed by atoms with Gasteiger partial charge in [0.2, 0.25) is 11.8 Å². The second kappa shape index (κ2) is 7.75. The van der Waals surface area contributed by atoms with Gasteiger partial charge in [-0.15, -0.1) is 0 Å². The van der Waals surface area contributed by atoms with Crippen LogP contribution in [-0.2, 0) is 9.59 Å². The molecule has 0 saturated carbocycles. The molecule has 0 aromatic rings. The van der Waals surface area contributed by atoms with Crippen LogP contribution in [0.3, 0.4) is 0 Å². The molecule has 0 radical (unpaired) electrons. The fourth-order valence-corrected chi connectivity index (χ4v) is 3.05. The number of nitrogens with one attached hydrogen (secondary N) is 1. The van der Waals surface area contributed by atoms with Gasteiger partial charge in [0.15, 0.2) is 0 Å². The second-order valence-corrected chi connectivity index (χ2v) is 6.42. The van der Waals surface area contributed by atoms with Gasteiger partial charge in [-0.05, 0) is 45.9 Å². The van der Waals surface area contributed by atoms with E-state index in [1.54, 1.807) is 0 Å². The number of amides is 2. The van der Waals surface area contributed by atoms with Gasteiger partial charge in [0.1, 0.15) is 0 Å². The quantitative estimate of drug-likeness (QED) is 0.768. The highest BCUT2D eigenvalue weighted by molar-refractivity contribution is 5.79. The van der Waals surface area contributed by atoms with Gasteiger partial charge in [0.05, 0.1) is 6.54 Å². The van der Waals surface area contributed by atoms with Crippen molar-refractivity contribution >= 4 is 11.8 Å². The minimum Gasteiger partial charge on any atom is -0.339 e. The number of nitrogens with zero attached hydrogens (tertiary/aromatic N) is 3. The van der Waals surface area contributed by atoms with Gasteiger partial charge < -0.3 is 20.0 Å². The molecule has 2 fully saturated rings. The number of carbonyl (C=O) groups is 2. The van der Waals surface area contributed by atoms with E-state index >= 15 is 0 Å². The smallest absolute Gasteiger partial charge is 0.236 e. The maximum atomic E-state index is 12.3. The molecule has 1 unspecified atom stereocenters. The van der Waals surface area contributed by atoms with Crippen LogP contribution in [0.4, 0.5) is 0 Å². The Labute approximate surface area is 127 Å². The van der Waals surface area contributed by atoms with Crippen molar-refractivity contribution in [1.82, 2.24) is 20.0 Å². The van der Waals surface area contributed by atoms with Gasteiger partial charge in [0, 0.05) is 32.6 Å². The lowest BCUT2D eigenvalue weighted by Gasteiger charge is -2.36. The molecule has 2 aliphatic heterocycles. The third kappa shape index (κ3) is 4.97. The molecule has 0 bridgehead atoms. The van der Waals surface area contributed by atoms with Crippen LogP contribution in [-0.4, -0.2) is 86.4 Å². The Hall–Kier alpha value is -1.14. The first-order valence-corrected chi connectivity index (χ1v) is 7.97. The lowest BCUT2D eigenvalue weighted by Crippen LogP contribution is -2.52. The molecule has 21 heavy (non-hydrogen) atoms. The van der Waals surface area contributed by atoms with Crippen LogP contribution in [0.5, 0.6) is 0 Å². The first-order valence-electron chi connectivity index (χ1n) is 7.97. The molecular weight excluding hydrogens is 268 g/mol. The van der Waals surface area contributed by atoms with Gasteiger partial charge in [-0.1, -0.05) is 0 Å². The molecule has 0 spiro atoms. The van der Waals surface area contributed by atoms with Gasteiger partial charge in [0.25, 0.3) is 0 Å². The lowest BCUT2D eigenvalue weighted by atomic mass is 9.95. The molecule has 2 aliphatic rings. The molecule has 1 atom stereocenters. The Balaban J connectivity index is 1.72. The van der Waals surface area contributed by atoms with Crippen LogP contribution in [0.15, 0.2) is 0 Å². The van der Waals surface area contributed by atoms with Crippen molar-refractivity contribution in [2.75, 3.05) is 59.9 Å².